The highest BCUT2D eigenvalue weighted by atomic mass is 35.6. The fourth-order valence-electron chi connectivity index (χ4n) is 0.942. The third-order valence-electron chi connectivity index (χ3n) is 1.49. The van der Waals surface area contributed by atoms with Crippen LogP contribution in [0.15, 0.2) is 12.3 Å². The van der Waals surface area contributed by atoms with Gasteiger partial charge in [0.2, 0.25) is 3.79 Å². The summed E-state index contributed by atoms with van der Waals surface area (Å²) in [5, 5.41) is -0.744. The van der Waals surface area contributed by atoms with Gasteiger partial charge in [-0.2, -0.15) is 13.2 Å². The number of alkyl halides is 6. The molecule has 0 unspecified atom stereocenters. The van der Waals surface area contributed by atoms with Crippen molar-refractivity contribution in [1.29, 1.82) is 0 Å². The van der Waals surface area contributed by atoms with Gasteiger partial charge in [-0.25, -0.2) is 4.98 Å². The summed E-state index contributed by atoms with van der Waals surface area (Å²) in [6.45, 7) is 0. The lowest BCUT2D eigenvalue weighted by Gasteiger charge is -2.18. The van der Waals surface area contributed by atoms with E-state index in [1.807, 2.05) is 0 Å². The van der Waals surface area contributed by atoms with Gasteiger partial charge in [0, 0.05) is 11.8 Å². The first-order valence-corrected chi connectivity index (χ1v) is 4.94. The summed E-state index contributed by atoms with van der Waals surface area (Å²) in [4.78, 5) is 3.29. The van der Waals surface area contributed by atoms with E-state index in [0.29, 0.717) is 0 Å². The molecule has 1 heterocycles. The van der Waals surface area contributed by atoms with Crippen LogP contribution in [0.25, 0.3) is 0 Å². The monoisotopic (exact) mass is 297 g/mol. The lowest BCUT2D eigenvalue weighted by molar-refractivity contribution is -0.138. The van der Waals surface area contributed by atoms with Crippen LogP contribution in [-0.2, 0) is 9.97 Å². The number of hydrogen-bond acceptors (Lipinski definition) is 1. The van der Waals surface area contributed by atoms with Gasteiger partial charge in [0.25, 0.3) is 0 Å². The van der Waals surface area contributed by atoms with Gasteiger partial charge in [0.05, 0.1) is 0 Å². The Morgan fingerprint density at radius 1 is 1.13 bits per heavy atom. The molecule has 0 aliphatic carbocycles. The SMILES string of the molecule is FC(F)(F)c1c(C(Cl)(Cl)Cl)ccnc1Cl. The van der Waals surface area contributed by atoms with Crippen molar-refractivity contribution in [3.8, 4) is 0 Å². The Morgan fingerprint density at radius 3 is 2.00 bits per heavy atom. The maximum Gasteiger partial charge on any atom is 0.419 e. The summed E-state index contributed by atoms with van der Waals surface area (Å²) in [6.07, 6.45) is -3.68. The molecule has 15 heavy (non-hydrogen) atoms. The second kappa shape index (κ2) is 4.17. The molecule has 0 fully saturated rings. The first kappa shape index (κ1) is 13.2. The predicted molar refractivity (Wildman–Crippen MR) is 53.5 cm³/mol. The van der Waals surface area contributed by atoms with Crippen LogP contribution >= 0.6 is 46.4 Å². The molecular formula is C7H2Cl4F3N. The van der Waals surface area contributed by atoms with E-state index in [-0.39, 0.29) is 0 Å². The maximum absolute atomic E-state index is 12.5. The van der Waals surface area contributed by atoms with Gasteiger partial charge in [-0.15, -0.1) is 0 Å². The Hall–Kier alpha value is 0.1000. The average Bonchev–Trinajstić information content (AvgIpc) is 1.99. The Kier molecular flexibility index (Phi) is 3.66. The number of rotatable bonds is 0. The molecule has 0 aliphatic heterocycles. The third-order valence-corrected chi connectivity index (χ3v) is 2.39. The topological polar surface area (TPSA) is 12.9 Å². The second-order valence-corrected chi connectivity index (χ2v) is 5.16. The highest BCUT2D eigenvalue weighted by Gasteiger charge is 2.41. The zero-order valence-electron chi connectivity index (χ0n) is 6.75. The van der Waals surface area contributed by atoms with E-state index < -0.39 is 26.2 Å². The molecule has 0 saturated heterocycles. The molecule has 1 nitrogen and oxygen atoms in total. The number of halogens is 7. The average molecular weight is 299 g/mol. The van der Waals surface area contributed by atoms with Crippen LogP contribution in [0.2, 0.25) is 5.15 Å². The molecule has 8 heteroatoms. The van der Waals surface area contributed by atoms with E-state index in [0.717, 1.165) is 12.3 Å². The lowest BCUT2D eigenvalue weighted by Crippen LogP contribution is -2.15. The maximum atomic E-state index is 12.5. The van der Waals surface area contributed by atoms with E-state index in [9.17, 15) is 13.2 Å². The van der Waals surface area contributed by atoms with Crippen LogP contribution in [0, 0.1) is 0 Å². The van der Waals surface area contributed by atoms with Crippen molar-refractivity contribution >= 4 is 46.4 Å². The van der Waals surface area contributed by atoms with Gasteiger partial charge >= 0.3 is 6.18 Å². The largest absolute Gasteiger partial charge is 0.419 e. The summed E-state index contributed by atoms with van der Waals surface area (Å²) in [5.41, 5.74) is -1.77. The number of pyridine rings is 1. The quantitative estimate of drug-likeness (QED) is 0.504. The molecule has 1 aromatic rings. The van der Waals surface area contributed by atoms with Gasteiger partial charge < -0.3 is 0 Å². The Morgan fingerprint density at radius 2 is 1.67 bits per heavy atom. The van der Waals surface area contributed by atoms with Crippen molar-refractivity contribution in [1.82, 2.24) is 4.98 Å². The van der Waals surface area contributed by atoms with Crippen LogP contribution in [0.1, 0.15) is 11.1 Å². The van der Waals surface area contributed by atoms with Gasteiger partial charge in [-0.1, -0.05) is 46.4 Å². The van der Waals surface area contributed by atoms with Crippen molar-refractivity contribution in [2.24, 2.45) is 0 Å². The lowest BCUT2D eigenvalue weighted by atomic mass is 10.1. The minimum absolute atomic E-state index is 0.542. The van der Waals surface area contributed by atoms with Crippen LogP contribution < -0.4 is 0 Å². The standard InChI is InChI=1S/C7H2Cl4F3N/c8-5-4(7(12,13)14)3(1-2-15-5)6(9,10)11/h1-2H. The fourth-order valence-corrected chi connectivity index (χ4v) is 1.68. The van der Waals surface area contributed by atoms with E-state index in [4.69, 9.17) is 46.4 Å². The van der Waals surface area contributed by atoms with Crippen molar-refractivity contribution < 1.29 is 13.2 Å². The summed E-state index contributed by atoms with van der Waals surface area (Å²) in [7, 11) is 0. The highest BCUT2D eigenvalue weighted by molar-refractivity contribution is 6.66. The van der Waals surface area contributed by atoms with Gasteiger partial charge in [-0.3, -0.25) is 0 Å². The molecule has 1 aromatic heterocycles. The molecule has 84 valence electrons. The predicted octanol–water partition coefficient (Wildman–Crippen LogP) is 4.58. The van der Waals surface area contributed by atoms with E-state index in [2.05, 4.69) is 4.98 Å². The third kappa shape index (κ3) is 3.03. The van der Waals surface area contributed by atoms with Gasteiger partial charge in [0.15, 0.2) is 0 Å². The second-order valence-electron chi connectivity index (χ2n) is 2.52. The van der Waals surface area contributed by atoms with E-state index >= 15 is 0 Å². The van der Waals surface area contributed by atoms with E-state index in [1.165, 1.54) is 0 Å². The van der Waals surface area contributed by atoms with Gasteiger partial charge in [0.1, 0.15) is 10.7 Å². The molecule has 0 aromatic carbocycles. The molecule has 0 N–H and O–H groups in total. The highest BCUT2D eigenvalue weighted by Crippen LogP contribution is 2.46. The van der Waals surface area contributed by atoms with Crippen molar-refractivity contribution in [3.05, 3.63) is 28.5 Å². The molecule has 0 spiro atoms. The minimum atomic E-state index is -4.72. The molecule has 0 saturated carbocycles. The zero-order chi connectivity index (χ0) is 11.9. The van der Waals surface area contributed by atoms with Crippen molar-refractivity contribution in [3.63, 3.8) is 0 Å². The first-order valence-electron chi connectivity index (χ1n) is 3.43. The molecule has 0 atom stereocenters. The zero-order valence-corrected chi connectivity index (χ0v) is 9.77. The van der Waals surface area contributed by atoms with Crippen LogP contribution in [0.5, 0.6) is 0 Å². The molecule has 0 radical (unpaired) electrons. The Balaban J connectivity index is 3.48. The summed E-state index contributed by atoms with van der Waals surface area (Å²) in [5.74, 6) is 0. The van der Waals surface area contributed by atoms with E-state index in [1.54, 1.807) is 0 Å². The number of nitrogens with zero attached hydrogens (tertiary/aromatic N) is 1. The number of aromatic nitrogens is 1. The first-order chi connectivity index (χ1) is 6.64. The van der Waals surface area contributed by atoms with Crippen LogP contribution in [0.4, 0.5) is 13.2 Å². The molecule has 0 aliphatic rings. The number of hydrogen-bond donors (Lipinski definition) is 0. The van der Waals surface area contributed by atoms with Crippen LogP contribution in [0.3, 0.4) is 0 Å². The summed E-state index contributed by atoms with van der Waals surface area (Å²) < 4.78 is 35.4. The summed E-state index contributed by atoms with van der Waals surface area (Å²) in [6, 6.07) is 0.960. The molecule has 0 amide bonds. The fraction of sp³-hybridized carbons (Fsp3) is 0.286. The Bertz CT molecular complexity index is 371. The molecule has 1 rings (SSSR count). The molecular weight excluding hydrogens is 297 g/mol. The van der Waals surface area contributed by atoms with Crippen molar-refractivity contribution in [2.45, 2.75) is 9.97 Å². The van der Waals surface area contributed by atoms with Crippen LogP contribution in [-0.4, -0.2) is 4.98 Å². The normalized spacial score (nSPS) is 13.0. The smallest absolute Gasteiger partial charge is 0.244 e. The van der Waals surface area contributed by atoms with Crippen molar-refractivity contribution in [2.75, 3.05) is 0 Å². The Labute approximate surface area is 103 Å². The van der Waals surface area contributed by atoms with Gasteiger partial charge in [-0.05, 0) is 6.07 Å². The molecule has 0 bridgehead atoms. The summed E-state index contributed by atoms with van der Waals surface area (Å²) >= 11 is 21.5. The minimum Gasteiger partial charge on any atom is -0.244 e.